The molecule has 4 aromatic rings. The number of carbonyl (C=O) groups is 1. The number of halogens is 3. The minimum absolute atomic E-state index is 0.0998. The van der Waals surface area contributed by atoms with Crippen molar-refractivity contribution in [2.24, 2.45) is 5.92 Å². The van der Waals surface area contributed by atoms with E-state index in [0.29, 0.717) is 54.8 Å². The molecule has 1 aromatic carbocycles. The minimum Gasteiger partial charge on any atom is -0.379 e. The fraction of sp³-hybridized carbons (Fsp3) is 0.357. The molecule has 0 bridgehead atoms. The summed E-state index contributed by atoms with van der Waals surface area (Å²) in [4.78, 5) is 21.4. The van der Waals surface area contributed by atoms with Crippen LogP contribution < -0.4 is 10.6 Å². The summed E-state index contributed by atoms with van der Waals surface area (Å²) in [6, 6.07) is 5.33. The van der Waals surface area contributed by atoms with Crippen molar-refractivity contribution in [3.8, 4) is 11.3 Å². The Morgan fingerprint density at radius 1 is 1.25 bits per heavy atom. The zero-order chi connectivity index (χ0) is 28.9. The second kappa shape index (κ2) is 12.3. The van der Waals surface area contributed by atoms with Crippen LogP contribution in [0.1, 0.15) is 42.4 Å². The molecule has 4 rings (SSSR count). The Balaban J connectivity index is 1.57. The van der Waals surface area contributed by atoms with Crippen LogP contribution in [0.25, 0.3) is 16.9 Å². The number of ether oxygens (including phenoxy) is 1. The molecule has 2 N–H and O–H groups in total. The molecule has 9 nitrogen and oxygen atoms in total. The average Bonchev–Trinajstić information content (AvgIpc) is 3.53. The fourth-order valence-electron chi connectivity index (χ4n) is 4.22. The highest BCUT2D eigenvalue weighted by Gasteiger charge is 2.38. The van der Waals surface area contributed by atoms with Crippen LogP contribution >= 0.6 is 0 Å². The van der Waals surface area contributed by atoms with Gasteiger partial charge >= 0.3 is 6.18 Å². The predicted molar refractivity (Wildman–Crippen MR) is 146 cm³/mol. The number of alkyl halides is 3. The van der Waals surface area contributed by atoms with Crippen LogP contribution in [-0.2, 0) is 23.9 Å². The van der Waals surface area contributed by atoms with Crippen molar-refractivity contribution < 1.29 is 22.7 Å². The number of rotatable bonds is 12. The molecular formula is C28H32F3N7O2. The fourth-order valence-corrected chi connectivity index (χ4v) is 4.22. The van der Waals surface area contributed by atoms with Gasteiger partial charge in [0, 0.05) is 43.0 Å². The first-order valence-electron chi connectivity index (χ1n) is 13.0. The van der Waals surface area contributed by atoms with E-state index in [1.165, 1.54) is 33.7 Å². The molecular weight excluding hydrogens is 523 g/mol. The van der Waals surface area contributed by atoms with Gasteiger partial charge in [-0.15, -0.1) is 6.58 Å². The maximum Gasteiger partial charge on any atom is 0.435 e. The zero-order valence-electron chi connectivity index (χ0n) is 22.6. The van der Waals surface area contributed by atoms with Gasteiger partial charge in [-0.2, -0.15) is 18.3 Å². The molecule has 3 heterocycles. The third kappa shape index (κ3) is 6.50. The topological polar surface area (TPSA) is 98.4 Å². The molecule has 3 aromatic heterocycles. The molecule has 0 spiro atoms. The number of fused-ring (bicyclic) bond motifs is 1. The predicted octanol–water partition coefficient (Wildman–Crippen LogP) is 5.51. The lowest BCUT2D eigenvalue weighted by Crippen LogP contribution is -2.28. The summed E-state index contributed by atoms with van der Waals surface area (Å²) in [7, 11) is 0. The van der Waals surface area contributed by atoms with Crippen LogP contribution in [0.15, 0.2) is 55.6 Å². The Morgan fingerprint density at radius 2 is 2.05 bits per heavy atom. The van der Waals surface area contributed by atoms with E-state index in [4.69, 9.17) is 4.74 Å². The number of hydrogen-bond donors (Lipinski definition) is 2. The van der Waals surface area contributed by atoms with Gasteiger partial charge in [-0.3, -0.25) is 13.9 Å². The summed E-state index contributed by atoms with van der Waals surface area (Å²) in [5, 5.41) is 9.78. The zero-order valence-corrected chi connectivity index (χ0v) is 22.6. The number of aromatic nitrogens is 5. The standard InChI is InChI=1S/C28H32F3N7O2/c1-5-11-37-16-22(24(36-37)28(29,30)31)23-15-34-26-25(32-9-12-38(23)26)35-20-7-8-21(19(6-2)14-20)27(39)33-10-13-40-17-18(3)4/h5,7-9,12,14-16,18H,1,6,10-11,13,17H2,2-4H3,(H,32,35)(H,33,39). The van der Waals surface area contributed by atoms with Gasteiger partial charge in [0.15, 0.2) is 17.2 Å². The van der Waals surface area contributed by atoms with Gasteiger partial charge in [0.05, 0.1) is 30.6 Å². The second-order valence-electron chi connectivity index (χ2n) is 9.59. The second-order valence-corrected chi connectivity index (χ2v) is 9.59. The number of amides is 1. The lowest BCUT2D eigenvalue weighted by Gasteiger charge is -2.13. The van der Waals surface area contributed by atoms with Crippen LogP contribution in [0.2, 0.25) is 0 Å². The van der Waals surface area contributed by atoms with Crippen molar-refractivity contribution >= 4 is 23.1 Å². The first-order valence-corrected chi connectivity index (χ1v) is 13.0. The molecule has 0 saturated carbocycles. The summed E-state index contributed by atoms with van der Waals surface area (Å²) in [6.07, 6.45) is 3.15. The van der Waals surface area contributed by atoms with Crippen LogP contribution in [0.4, 0.5) is 24.7 Å². The number of benzene rings is 1. The van der Waals surface area contributed by atoms with E-state index in [9.17, 15) is 18.0 Å². The Hall–Kier alpha value is -4.19. The Labute approximate surface area is 230 Å². The summed E-state index contributed by atoms with van der Waals surface area (Å²) in [6.45, 7) is 11.3. The van der Waals surface area contributed by atoms with Crippen molar-refractivity contribution in [2.45, 2.75) is 39.9 Å². The van der Waals surface area contributed by atoms with Gasteiger partial charge in [-0.25, -0.2) is 9.97 Å². The molecule has 0 radical (unpaired) electrons. The van der Waals surface area contributed by atoms with E-state index in [2.05, 4.69) is 46.1 Å². The largest absolute Gasteiger partial charge is 0.435 e. The maximum atomic E-state index is 13.8. The molecule has 0 fully saturated rings. The van der Waals surface area contributed by atoms with Gasteiger partial charge < -0.3 is 15.4 Å². The number of aryl methyl sites for hydroxylation is 1. The van der Waals surface area contributed by atoms with Crippen LogP contribution in [0.3, 0.4) is 0 Å². The highest BCUT2D eigenvalue weighted by molar-refractivity contribution is 5.96. The van der Waals surface area contributed by atoms with Crippen molar-refractivity contribution in [3.05, 3.63) is 72.5 Å². The number of nitrogens with one attached hydrogen (secondary N) is 2. The normalized spacial score (nSPS) is 11.8. The van der Waals surface area contributed by atoms with Crippen molar-refractivity contribution in [2.75, 3.05) is 25.1 Å². The molecule has 12 heteroatoms. The first-order chi connectivity index (χ1) is 19.1. The smallest absolute Gasteiger partial charge is 0.379 e. The highest BCUT2D eigenvalue weighted by atomic mass is 19.4. The average molecular weight is 556 g/mol. The summed E-state index contributed by atoms with van der Waals surface area (Å²) < 4.78 is 49.5. The van der Waals surface area contributed by atoms with Crippen LogP contribution in [0, 0.1) is 5.92 Å². The van der Waals surface area contributed by atoms with Crippen molar-refractivity contribution in [1.82, 2.24) is 29.5 Å². The molecule has 1 amide bonds. The lowest BCUT2D eigenvalue weighted by molar-refractivity contribution is -0.141. The summed E-state index contributed by atoms with van der Waals surface area (Å²) in [5.74, 6) is 0.588. The quantitative estimate of drug-likeness (QED) is 0.177. The molecule has 40 heavy (non-hydrogen) atoms. The number of carbonyl (C=O) groups excluding carboxylic acids is 1. The monoisotopic (exact) mass is 555 g/mol. The van der Waals surface area contributed by atoms with E-state index in [-0.39, 0.29) is 23.7 Å². The molecule has 0 atom stereocenters. The lowest BCUT2D eigenvalue weighted by atomic mass is 10.0. The number of allylic oxidation sites excluding steroid dienone is 1. The SMILES string of the molecule is C=CCn1cc(-c2cnc3c(Nc4ccc(C(=O)NCCOCC(C)C)c(CC)c4)nccn23)c(C(F)(F)F)n1. The third-order valence-electron chi connectivity index (χ3n) is 6.03. The minimum atomic E-state index is -4.65. The Morgan fingerprint density at radius 3 is 2.75 bits per heavy atom. The number of hydrogen-bond acceptors (Lipinski definition) is 6. The van der Waals surface area contributed by atoms with E-state index in [0.717, 1.165) is 5.56 Å². The summed E-state index contributed by atoms with van der Waals surface area (Å²) >= 11 is 0. The number of nitrogens with zero attached hydrogens (tertiary/aromatic N) is 5. The van der Waals surface area contributed by atoms with E-state index in [1.54, 1.807) is 18.3 Å². The Bertz CT molecular complexity index is 1490. The van der Waals surface area contributed by atoms with Gasteiger partial charge in [0.1, 0.15) is 0 Å². The van der Waals surface area contributed by atoms with E-state index >= 15 is 0 Å². The van der Waals surface area contributed by atoms with Crippen LogP contribution in [0.5, 0.6) is 0 Å². The van der Waals surface area contributed by atoms with Crippen molar-refractivity contribution in [1.29, 1.82) is 0 Å². The first kappa shape index (κ1) is 28.8. The molecule has 0 aliphatic carbocycles. The molecule has 0 unspecified atom stereocenters. The molecule has 212 valence electrons. The highest BCUT2D eigenvalue weighted by Crippen LogP contribution is 2.37. The van der Waals surface area contributed by atoms with Gasteiger partial charge in [-0.1, -0.05) is 26.8 Å². The van der Waals surface area contributed by atoms with E-state index < -0.39 is 11.9 Å². The summed E-state index contributed by atoms with van der Waals surface area (Å²) in [5.41, 5.74) is 1.50. The molecule has 0 saturated heterocycles. The van der Waals surface area contributed by atoms with Gasteiger partial charge in [0.25, 0.3) is 5.91 Å². The van der Waals surface area contributed by atoms with Crippen molar-refractivity contribution in [3.63, 3.8) is 0 Å². The molecule has 0 aliphatic rings. The number of imidazole rings is 1. The Kier molecular flexibility index (Phi) is 8.88. The number of anilines is 2. The van der Waals surface area contributed by atoms with Gasteiger partial charge in [0.2, 0.25) is 0 Å². The van der Waals surface area contributed by atoms with Gasteiger partial charge in [-0.05, 0) is 36.1 Å². The van der Waals surface area contributed by atoms with Crippen LogP contribution in [-0.4, -0.2) is 49.8 Å². The van der Waals surface area contributed by atoms with E-state index in [1.807, 2.05) is 13.0 Å². The molecule has 0 aliphatic heterocycles. The third-order valence-corrected chi connectivity index (χ3v) is 6.03. The maximum absolute atomic E-state index is 13.8.